The molecule has 2 amide bonds. The minimum Gasteiger partial charge on any atom is -0.368 e. The molecule has 3 heterocycles. The summed E-state index contributed by atoms with van der Waals surface area (Å²) in [6, 6.07) is 6.56. The first-order valence-corrected chi connectivity index (χ1v) is 8.02. The second kappa shape index (κ2) is 5.94. The van der Waals surface area contributed by atoms with Gasteiger partial charge in [0, 0.05) is 28.9 Å². The number of nitrogens with zero attached hydrogens (tertiary/aromatic N) is 5. The van der Waals surface area contributed by atoms with Crippen LogP contribution in [0.5, 0.6) is 0 Å². The fraction of sp³-hybridized carbons (Fsp3) is 0.0625. The van der Waals surface area contributed by atoms with E-state index in [-0.39, 0.29) is 5.95 Å². The van der Waals surface area contributed by atoms with E-state index in [0.29, 0.717) is 44.6 Å². The van der Waals surface area contributed by atoms with Crippen molar-refractivity contribution in [3.05, 3.63) is 40.5 Å². The van der Waals surface area contributed by atoms with Crippen molar-refractivity contribution in [2.45, 2.75) is 0 Å². The van der Waals surface area contributed by atoms with E-state index < -0.39 is 6.03 Å². The van der Waals surface area contributed by atoms with Gasteiger partial charge in [-0.1, -0.05) is 29.3 Å². The van der Waals surface area contributed by atoms with Crippen LogP contribution in [0.2, 0.25) is 10.0 Å². The third kappa shape index (κ3) is 2.67. The first-order chi connectivity index (χ1) is 12.0. The number of carbonyl (C=O) groups excluding carboxylic acids is 1. The normalized spacial score (nSPS) is 13.8. The number of nitrogens with two attached hydrogens (primary N) is 1. The Hall–Kier alpha value is -2.77. The predicted octanol–water partition coefficient (Wildman–Crippen LogP) is 3.59. The number of halogens is 2. The topological polar surface area (TPSA) is 97.4 Å². The first-order valence-electron chi connectivity index (χ1n) is 7.26. The summed E-state index contributed by atoms with van der Waals surface area (Å²) in [5.74, 6) is 0.460. The average molecular weight is 373 g/mol. The predicted molar refractivity (Wildman–Crippen MR) is 98.4 cm³/mol. The number of rotatable bonds is 2. The Kier molecular flexibility index (Phi) is 3.74. The number of hydrogen-bond acceptors (Lipinski definition) is 5. The lowest BCUT2D eigenvalue weighted by molar-refractivity contribution is 0.256. The van der Waals surface area contributed by atoms with Gasteiger partial charge in [-0.15, -0.1) is 0 Å². The van der Waals surface area contributed by atoms with Crippen LogP contribution in [0.25, 0.3) is 22.2 Å². The molecule has 25 heavy (non-hydrogen) atoms. The highest BCUT2D eigenvalue weighted by Gasteiger charge is 2.26. The van der Waals surface area contributed by atoms with E-state index >= 15 is 0 Å². The van der Waals surface area contributed by atoms with Gasteiger partial charge in [0.05, 0.1) is 16.6 Å². The van der Waals surface area contributed by atoms with Crippen molar-refractivity contribution < 1.29 is 4.79 Å². The number of anilines is 2. The van der Waals surface area contributed by atoms with Crippen LogP contribution in [-0.4, -0.2) is 33.7 Å². The van der Waals surface area contributed by atoms with Gasteiger partial charge < -0.3 is 5.73 Å². The molecule has 1 aliphatic rings. The van der Waals surface area contributed by atoms with Crippen molar-refractivity contribution in [3.63, 3.8) is 0 Å². The van der Waals surface area contributed by atoms with Crippen LogP contribution in [-0.2, 0) is 0 Å². The van der Waals surface area contributed by atoms with Gasteiger partial charge in [0.2, 0.25) is 5.95 Å². The maximum atomic E-state index is 12.1. The average Bonchev–Trinajstić information content (AvgIpc) is 3.00. The zero-order chi connectivity index (χ0) is 17.6. The summed E-state index contributed by atoms with van der Waals surface area (Å²) >= 11 is 12.7. The maximum absolute atomic E-state index is 12.1. The molecule has 0 radical (unpaired) electrons. The van der Waals surface area contributed by atoms with E-state index in [1.807, 2.05) is 0 Å². The summed E-state index contributed by atoms with van der Waals surface area (Å²) in [6.07, 6.45) is 3.07. The number of aromatic nitrogens is 3. The Morgan fingerprint density at radius 3 is 2.60 bits per heavy atom. The number of aliphatic imine (C=N–C) groups is 1. The summed E-state index contributed by atoms with van der Waals surface area (Å²) in [7, 11) is 0. The molecule has 0 saturated heterocycles. The highest BCUT2D eigenvalue weighted by atomic mass is 35.5. The van der Waals surface area contributed by atoms with Crippen LogP contribution in [0, 0.1) is 0 Å². The number of nitrogen functional groups attached to an aromatic ring is 1. The molecule has 2 N–H and O–H groups in total. The molecule has 0 bridgehead atoms. The third-order valence-electron chi connectivity index (χ3n) is 3.75. The lowest BCUT2D eigenvalue weighted by Crippen LogP contribution is -2.26. The van der Waals surface area contributed by atoms with Crippen molar-refractivity contribution >= 4 is 58.2 Å². The molecular formula is C16H10Cl2N6O. The van der Waals surface area contributed by atoms with E-state index in [2.05, 4.69) is 19.9 Å². The van der Waals surface area contributed by atoms with Gasteiger partial charge in [0.1, 0.15) is 5.82 Å². The SMILES string of the molecule is Nc1ncc2cc(-c3c(Cl)cccc3Cl)c(N3CC=NC3=O)nc2n1. The smallest absolute Gasteiger partial charge is 0.349 e. The minimum absolute atomic E-state index is 0.0958. The number of urea groups is 1. The first kappa shape index (κ1) is 15.7. The summed E-state index contributed by atoms with van der Waals surface area (Å²) in [6.45, 7) is 0.299. The minimum atomic E-state index is -0.418. The van der Waals surface area contributed by atoms with Gasteiger partial charge >= 0.3 is 6.03 Å². The van der Waals surface area contributed by atoms with Crippen LogP contribution >= 0.6 is 23.2 Å². The molecule has 0 unspecified atom stereocenters. The number of amides is 2. The van der Waals surface area contributed by atoms with Crippen molar-refractivity contribution in [3.8, 4) is 11.1 Å². The molecule has 7 nitrogen and oxygen atoms in total. The van der Waals surface area contributed by atoms with Crippen molar-refractivity contribution in [2.24, 2.45) is 4.99 Å². The number of fused-ring (bicyclic) bond motifs is 1. The standard InChI is InChI=1S/C16H10Cl2N6O/c17-10-2-1-3-11(18)12(10)9-6-8-7-21-15(19)23-13(8)22-14(9)24-5-4-20-16(24)25/h1-4,6-7H,5H2,(H2,19,21,22,23). The molecule has 9 heteroatoms. The van der Waals surface area contributed by atoms with E-state index in [0.717, 1.165) is 0 Å². The highest BCUT2D eigenvalue weighted by molar-refractivity contribution is 6.39. The number of hydrogen-bond donors (Lipinski definition) is 1. The van der Waals surface area contributed by atoms with Gasteiger partial charge in [-0.3, -0.25) is 4.90 Å². The van der Waals surface area contributed by atoms with Crippen LogP contribution < -0.4 is 10.6 Å². The van der Waals surface area contributed by atoms with Crippen LogP contribution in [0.15, 0.2) is 35.5 Å². The van der Waals surface area contributed by atoms with Crippen molar-refractivity contribution in [1.82, 2.24) is 15.0 Å². The van der Waals surface area contributed by atoms with Gasteiger partial charge in [0.25, 0.3) is 0 Å². The van der Waals surface area contributed by atoms with Crippen LogP contribution in [0.1, 0.15) is 0 Å². The van der Waals surface area contributed by atoms with E-state index in [1.165, 1.54) is 11.1 Å². The molecule has 3 aromatic rings. The molecule has 0 atom stereocenters. The molecule has 124 valence electrons. The largest absolute Gasteiger partial charge is 0.368 e. The van der Waals surface area contributed by atoms with E-state index in [1.54, 1.807) is 30.5 Å². The summed E-state index contributed by atoms with van der Waals surface area (Å²) < 4.78 is 0. The zero-order valence-corrected chi connectivity index (χ0v) is 14.2. The number of benzene rings is 1. The summed E-state index contributed by atoms with van der Waals surface area (Å²) in [5.41, 5.74) is 7.18. The van der Waals surface area contributed by atoms with E-state index in [4.69, 9.17) is 28.9 Å². The van der Waals surface area contributed by atoms with Gasteiger partial charge in [-0.25, -0.2) is 19.8 Å². The zero-order valence-electron chi connectivity index (χ0n) is 12.6. The molecule has 0 fully saturated rings. The van der Waals surface area contributed by atoms with Crippen molar-refractivity contribution in [1.29, 1.82) is 0 Å². The molecular weight excluding hydrogens is 363 g/mol. The van der Waals surface area contributed by atoms with Crippen molar-refractivity contribution in [2.75, 3.05) is 17.2 Å². The Morgan fingerprint density at radius 1 is 1.16 bits per heavy atom. The lowest BCUT2D eigenvalue weighted by Gasteiger charge is -2.19. The molecule has 0 spiro atoms. The Labute approximate surface area is 152 Å². The Bertz CT molecular complexity index is 1030. The second-order valence-corrected chi connectivity index (χ2v) is 6.12. The molecule has 4 rings (SSSR count). The lowest BCUT2D eigenvalue weighted by atomic mass is 10.0. The quantitative estimate of drug-likeness (QED) is 0.740. The Morgan fingerprint density at radius 2 is 1.92 bits per heavy atom. The second-order valence-electron chi connectivity index (χ2n) is 5.30. The molecule has 1 aliphatic heterocycles. The Balaban J connectivity index is 2.04. The van der Waals surface area contributed by atoms with Crippen LogP contribution in [0.4, 0.5) is 16.6 Å². The van der Waals surface area contributed by atoms with E-state index in [9.17, 15) is 4.79 Å². The molecule has 0 aliphatic carbocycles. The molecule has 1 aromatic carbocycles. The fourth-order valence-electron chi connectivity index (χ4n) is 2.64. The fourth-order valence-corrected chi connectivity index (χ4v) is 3.24. The van der Waals surface area contributed by atoms with Gasteiger partial charge in [-0.2, -0.15) is 4.98 Å². The summed E-state index contributed by atoms with van der Waals surface area (Å²) in [4.78, 5) is 29.9. The molecule has 0 saturated carbocycles. The molecule has 2 aromatic heterocycles. The highest BCUT2D eigenvalue weighted by Crippen LogP contribution is 2.40. The van der Waals surface area contributed by atoms with Crippen LogP contribution in [0.3, 0.4) is 0 Å². The monoisotopic (exact) mass is 372 g/mol. The summed E-state index contributed by atoms with van der Waals surface area (Å²) in [5, 5.41) is 1.54. The maximum Gasteiger partial charge on any atom is 0.349 e. The number of pyridine rings is 1. The number of carbonyl (C=O) groups is 1. The van der Waals surface area contributed by atoms with Gasteiger partial charge in [0.15, 0.2) is 5.65 Å². The van der Waals surface area contributed by atoms with Gasteiger partial charge in [-0.05, 0) is 18.2 Å². The third-order valence-corrected chi connectivity index (χ3v) is 4.38.